The highest BCUT2D eigenvalue weighted by Gasteiger charge is 1.96. The van der Waals surface area contributed by atoms with Crippen LogP contribution in [-0.4, -0.2) is 37.0 Å². The molecule has 0 fully saturated rings. The molecule has 0 aliphatic rings. The van der Waals surface area contributed by atoms with Gasteiger partial charge in [0.15, 0.2) is 0 Å². The van der Waals surface area contributed by atoms with Gasteiger partial charge in [0.25, 0.3) is 5.22 Å². The van der Waals surface area contributed by atoms with Crippen molar-refractivity contribution in [3.63, 3.8) is 0 Å². The number of thioether (sulfide) groups is 1. The van der Waals surface area contributed by atoms with E-state index in [0.29, 0.717) is 0 Å². The number of aromatic nitrogens is 1. The van der Waals surface area contributed by atoms with Gasteiger partial charge in [0.05, 0.1) is 6.20 Å². The minimum absolute atomic E-state index is 0.748. The average Bonchev–Trinajstić information content (AvgIpc) is 2.80. The molecule has 0 aliphatic carbocycles. The Kier molecular flexibility index (Phi) is 8.20. The van der Waals surface area contributed by atoms with Gasteiger partial charge in [-0.3, -0.25) is 0 Å². The van der Waals surface area contributed by atoms with Gasteiger partial charge in [-0.25, -0.2) is 4.98 Å². The first kappa shape index (κ1) is 13.5. The molecule has 92 valence electrons. The largest absolute Gasteiger partial charge is 0.440 e. The Bertz CT molecular complexity index is 242. The average molecular weight is 244 g/mol. The molecule has 5 heteroatoms. The molecule has 0 unspecified atom stereocenters. The highest BCUT2D eigenvalue weighted by atomic mass is 32.2. The van der Waals surface area contributed by atoms with Crippen LogP contribution in [0.25, 0.3) is 0 Å². The smallest absolute Gasteiger partial charge is 0.255 e. The van der Waals surface area contributed by atoms with Gasteiger partial charge in [0.2, 0.25) is 0 Å². The minimum Gasteiger partial charge on any atom is -0.440 e. The third-order valence-corrected chi connectivity index (χ3v) is 2.87. The summed E-state index contributed by atoms with van der Waals surface area (Å²) in [5.41, 5.74) is 0. The van der Waals surface area contributed by atoms with Crippen molar-refractivity contribution in [2.45, 2.75) is 25.0 Å². The van der Waals surface area contributed by atoms with E-state index in [1.54, 1.807) is 24.2 Å². The second kappa shape index (κ2) is 9.69. The summed E-state index contributed by atoms with van der Waals surface area (Å²) in [7, 11) is 0. The van der Waals surface area contributed by atoms with Gasteiger partial charge in [0, 0.05) is 25.5 Å². The lowest BCUT2D eigenvalue weighted by atomic mass is 10.3. The van der Waals surface area contributed by atoms with Crippen molar-refractivity contribution in [2.24, 2.45) is 0 Å². The van der Waals surface area contributed by atoms with E-state index >= 15 is 0 Å². The van der Waals surface area contributed by atoms with Crippen LogP contribution in [0.15, 0.2) is 22.1 Å². The SMILES string of the molecule is CCOCCCCNCCSc1ncco1. The Morgan fingerprint density at radius 3 is 3.12 bits per heavy atom. The predicted octanol–water partition coefficient (Wildman–Crippen LogP) is 2.17. The van der Waals surface area contributed by atoms with Crippen molar-refractivity contribution in [2.75, 3.05) is 32.1 Å². The van der Waals surface area contributed by atoms with E-state index in [9.17, 15) is 0 Å². The summed E-state index contributed by atoms with van der Waals surface area (Å²) in [6.07, 6.45) is 5.57. The maximum atomic E-state index is 5.26. The van der Waals surface area contributed by atoms with Gasteiger partial charge < -0.3 is 14.5 Å². The van der Waals surface area contributed by atoms with Crippen LogP contribution in [0.5, 0.6) is 0 Å². The molecule has 1 aromatic rings. The topological polar surface area (TPSA) is 47.3 Å². The standard InChI is InChI=1S/C11H20N2O2S/c1-2-14-8-4-3-5-12-7-10-16-11-13-6-9-15-11/h6,9,12H,2-5,7-8,10H2,1H3. The first-order chi connectivity index (χ1) is 7.93. The molecule has 1 heterocycles. The monoisotopic (exact) mass is 244 g/mol. The molecule has 0 bridgehead atoms. The van der Waals surface area contributed by atoms with E-state index in [2.05, 4.69) is 10.3 Å². The summed E-state index contributed by atoms with van der Waals surface area (Å²) in [4.78, 5) is 4.04. The molecule has 0 aliphatic heterocycles. The van der Waals surface area contributed by atoms with E-state index < -0.39 is 0 Å². The van der Waals surface area contributed by atoms with Gasteiger partial charge >= 0.3 is 0 Å². The van der Waals surface area contributed by atoms with Crippen molar-refractivity contribution in [3.05, 3.63) is 12.5 Å². The molecule has 0 saturated carbocycles. The van der Waals surface area contributed by atoms with Gasteiger partial charge in [-0.1, -0.05) is 11.8 Å². The Hall–Kier alpha value is -0.520. The van der Waals surface area contributed by atoms with Crippen LogP contribution < -0.4 is 5.32 Å². The van der Waals surface area contributed by atoms with Gasteiger partial charge in [0.1, 0.15) is 6.26 Å². The third-order valence-electron chi connectivity index (χ3n) is 2.01. The lowest BCUT2D eigenvalue weighted by Crippen LogP contribution is -2.18. The Morgan fingerprint density at radius 2 is 2.38 bits per heavy atom. The summed E-state index contributed by atoms with van der Waals surface area (Å²) in [6, 6.07) is 0. The molecule has 1 aromatic heterocycles. The number of nitrogens with zero attached hydrogens (tertiary/aromatic N) is 1. The Morgan fingerprint density at radius 1 is 1.44 bits per heavy atom. The molecule has 0 saturated heterocycles. The van der Waals surface area contributed by atoms with Gasteiger partial charge in [-0.2, -0.15) is 0 Å². The van der Waals surface area contributed by atoms with E-state index in [0.717, 1.165) is 43.7 Å². The summed E-state index contributed by atoms with van der Waals surface area (Å²) in [6.45, 7) is 5.77. The lowest BCUT2D eigenvalue weighted by molar-refractivity contribution is 0.143. The summed E-state index contributed by atoms with van der Waals surface area (Å²) in [5.74, 6) is 0.992. The highest BCUT2D eigenvalue weighted by Crippen LogP contribution is 2.13. The second-order valence-electron chi connectivity index (χ2n) is 3.30. The van der Waals surface area contributed by atoms with E-state index in [1.165, 1.54) is 6.42 Å². The van der Waals surface area contributed by atoms with Crippen molar-refractivity contribution in [1.82, 2.24) is 10.3 Å². The highest BCUT2D eigenvalue weighted by molar-refractivity contribution is 7.99. The van der Waals surface area contributed by atoms with Crippen LogP contribution >= 0.6 is 11.8 Å². The summed E-state index contributed by atoms with van der Waals surface area (Å²) >= 11 is 1.63. The number of rotatable bonds is 10. The number of hydrogen-bond donors (Lipinski definition) is 1. The zero-order valence-electron chi connectivity index (χ0n) is 9.78. The molecule has 16 heavy (non-hydrogen) atoms. The van der Waals surface area contributed by atoms with Crippen LogP contribution in [0.3, 0.4) is 0 Å². The van der Waals surface area contributed by atoms with Crippen molar-refractivity contribution in [1.29, 1.82) is 0 Å². The number of nitrogens with one attached hydrogen (secondary N) is 1. The maximum Gasteiger partial charge on any atom is 0.255 e. The fraction of sp³-hybridized carbons (Fsp3) is 0.727. The van der Waals surface area contributed by atoms with E-state index in [1.807, 2.05) is 6.92 Å². The Labute approximate surface area is 101 Å². The zero-order chi connectivity index (χ0) is 11.5. The molecule has 0 aromatic carbocycles. The molecule has 4 nitrogen and oxygen atoms in total. The number of oxazole rings is 1. The van der Waals surface area contributed by atoms with Gasteiger partial charge in [-0.15, -0.1) is 0 Å². The molecule has 1 rings (SSSR count). The molecule has 0 amide bonds. The van der Waals surface area contributed by atoms with Crippen LogP contribution in [0.4, 0.5) is 0 Å². The summed E-state index contributed by atoms with van der Waals surface area (Å²) in [5, 5.41) is 4.13. The van der Waals surface area contributed by atoms with Crippen molar-refractivity contribution >= 4 is 11.8 Å². The molecule has 0 spiro atoms. The van der Waals surface area contributed by atoms with Gasteiger partial charge in [-0.05, 0) is 26.3 Å². The normalized spacial score (nSPS) is 10.8. The lowest BCUT2D eigenvalue weighted by Gasteiger charge is -2.03. The first-order valence-corrected chi connectivity index (χ1v) is 6.72. The number of hydrogen-bond acceptors (Lipinski definition) is 5. The predicted molar refractivity (Wildman–Crippen MR) is 65.8 cm³/mol. The fourth-order valence-electron chi connectivity index (χ4n) is 1.22. The van der Waals surface area contributed by atoms with Crippen LogP contribution in [-0.2, 0) is 4.74 Å². The van der Waals surface area contributed by atoms with Crippen LogP contribution in [0, 0.1) is 0 Å². The first-order valence-electron chi connectivity index (χ1n) is 5.74. The minimum atomic E-state index is 0.748. The molecule has 0 atom stereocenters. The van der Waals surface area contributed by atoms with Crippen molar-refractivity contribution in [3.8, 4) is 0 Å². The van der Waals surface area contributed by atoms with Crippen molar-refractivity contribution < 1.29 is 9.15 Å². The zero-order valence-corrected chi connectivity index (χ0v) is 10.6. The molecule has 1 N–H and O–H groups in total. The van der Waals surface area contributed by atoms with Crippen LogP contribution in [0.1, 0.15) is 19.8 Å². The Balaban J connectivity index is 1.78. The second-order valence-corrected chi connectivity index (χ2v) is 4.35. The fourth-order valence-corrected chi connectivity index (χ4v) is 1.90. The van der Waals surface area contributed by atoms with E-state index in [4.69, 9.17) is 9.15 Å². The summed E-state index contributed by atoms with van der Waals surface area (Å²) < 4.78 is 10.4. The maximum absolute atomic E-state index is 5.26. The van der Waals surface area contributed by atoms with Crippen LogP contribution in [0.2, 0.25) is 0 Å². The van der Waals surface area contributed by atoms with E-state index in [-0.39, 0.29) is 0 Å². The number of ether oxygens (including phenoxy) is 1. The molecular formula is C11H20N2O2S. The molecular weight excluding hydrogens is 224 g/mol. The third kappa shape index (κ3) is 6.87. The quantitative estimate of drug-likeness (QED) is 0.505. The number of unbranched alkanes of at least 4 members (excludes halogenated alkanes) is 1. The molecule has 0 radical (unpaired) electrons.